The number of hydrogen-bond acceptors (Lipinski definition) is 3. The van der Waals surface area contributed by atoms with Crippen molar-refractivity contribution in [2.24, 2.45) is 5.73 Å². The van der Waals surface area contributed by atoms with E-state index in [1.165, 1.54) is 10.6 Å². The summed E-state index contributed by atoms with van der Waals surface area (Å²) in [5.74, 6) is 0.0619. The number of aromatic nitrogens is 3. The normalized spacial score (nSPS) is 10.6. The molecule has 1 heterocycles. The van der Waals surface area contributed by atoms with Gasteiger partial charge in [-0.05, 0) is 6.07 Å². The van der Waals surface area contributed by atoms with E-state index >= 15 is 0 Å². The Bertz CT molecular complexity index is 546. The molecule has 84 valence electrons. The maximum absolute atomic E-state index is 13.4. The second-order valence-electron chi connectivity index (χ2n) is 3.33. The van der Waals surface area contributed by atoms with Crippen molar-refractivity contribution < 1.29 is 4.39 Å². The molecule has 0 fully saturated rings. The van der Waals surface area contributed by atoms with E-state index in [0.29, 0.717) is 11.4 Å². The third-order valence-corrected chi connectivity index (χ3v) is 2.31. The zero-order valence-electron chi connectivity index (χ0n) is 8.48. The van der Waals surface area contributed by atoms with Crippen molar-refractivity contribution in [1.82, 2.24) is 14.8 Å². The minimum atomic E-state index is -0.385. The molecule has 0 aliphatic rings. The van der Waals surface area contributed by atoms with Gasteiger partial charge in [-0.1, -0.05) is 18.2 Å². The summed E-state index contributed by atoms with van der Waals surface area (Å²) in [4.78, 5) is 11.4. The van der Waals surface area contributed by atoms with E-state index in [9.17, 15) is 9.18 Å². The molecule has 0 unspecified atom stereocenters. The Morgan fingerprint density at radius 2 is 2.19 bits per heavy atom. The van der Waals surface area contributed by atoms with Crippen molar-refractivity contribution in [3.63, 3.8) is 0 Å². The number of halogens is 1. The maximum atomic E-state index is 13.4. The predicted molar refractivity (Wildman–Crippen MR) is 56.2 cm³/mol. The van der Waals surface area contributed by atoms with Crippen LogP contribution in [0.5, 0.6) is 0 Å². The Morgan fingerprint density at radius 1 is 1.44 bits per heavy atom. The highest BCUT2D eigenvalue weighted by Gasteiger charge is 2.09. The number of aromatic amines is 1. The first kappa shape index (κ1) is 10.6. The molecule has 3 N–H and O–H groups in total. The summed E-state index contributed by atoms with van der Waals surface area (Å²) in [6.07, 6.45) is 0. The summed E-state index contributed by atoms with van der Waals surface area (Å²) in [6, 6.07) is 6.28. The highest BCUT2D eigenvalue weighted by atomic mass is 19.1. The van der Waals surface area contributed by atoms with Crippen LogP contribution in [0.2, 0.25) is 0 Å². The Labute approximate surface area is 90.7 Å². The Morgan fingerprint density at radius 3 is 2.88 bits per heavy atom. The standard InChI is InChI=1S/C10H11FN4O/c11-8-4-2-1-3-7(8)6-15-9(5-12)13-14-10(15)16/h1-4H,5-6,12H2,(H,14,16). The van der Waals surface area contributed by atoms with Crippen LogP contribution in [0.3, 0.4) is 0 Å². The van der Waals surface area contributed by atoms with Crippen LogP contribution < -0.4 is 11.4 Å². The van der Waals surface area contributed by atoms with E-state index in [0.717, 1.165) is 0 Å². The molecule has 16 heavy (non-hydrogen) atoms. The number of nitrogens with zero attached hydrogens (tertiary/aromatic N) is 2. The molecule has 0 atom stereocenters. The van der Waals surface area contributed by atoms with Gasteiger partial charge < -0.3 is 5.73 Å². The van der Waals surface area contributed by atoms with Crippen molar-refractivity contribution in [1.29, 1.82) is 0 Å². The molecule has 0 aliphatic heterocycles. The number of H-pyrrole nitrogens is 1. The van der Waals surface area contributed by atoms with Crippen LogP contribution in [0, 0.1) is 5.82 Å². The number of hydrogen-bond donors (Lipinski definition) is 2. The fourth-order valence-electron chi connectivity index (χ4n) is 1.47. The average molecular weight is 222 g/mol. The largest absolute Gasteiger partial charge is 0.343 e. The van der Waals surface area contributed by atoms with Crippen LogP contribution in [-0.4, -0.2) is 14.8 Å². The lowest BCUT2D eigenvalue weighted by molar-refractivity contribution is 0.590. The van der Waals surface area contributed by atoms with Gasteiger partial charge in [-0.2, -0.15) is 5.10 Å². The molecule has 1 aromatic carbocycles. The molecule has 0 radical (unpaired) electrons. The zero-order chi connectivity index (χ0) is 11.5. The van der Waals surface area contributed by atoms with Crippen LogP contribution in [0.15, 0.2) is 29.1 Å². The quantitative estimate of drug-likeness (QED) is 0.779. The van der Waals surface area contributed by atoms with Gasteiger partial charge in [-0.3, -0.25) is 4.57 Å². The minimum absolute atomic E-state index is 0.132. The van der Waals surface area contributed by atoms with Gasteiger partial charge in [0, 0.05) is 5.56 Å². The van der Waals surface area contributed by atoms with Crippen molar-refractivity contribution in [3.8, 4) is 0 Å². The van der Waals surface area contributed by atoms with Gasteiger partial charge >= 0.3 is 5.69 Å². The molecular weight excluding hydrogens is 211 g/mol. The first-order valence-electron chi connectivity index (χ1n) is 4.80. The van der Waals surface area contributed by atoms with Crippen molar-refractivity contribution >= 4 is 0 Å². The molecule has 0 bridgehead atoms. The lowest BCUT2D eigenvalue weighted by atomic mass is 10.2. The monoisotopic (exact) mass is 222 g/mol. The van der Waals surface area contributed by atoms with Gasteiger partial charge in [0.05, 0.1) is 13.1 Å². The highest BCUT2D eigenvalue weighted by molar-refractivity contribution is 5.17. The zero-order valence-corrected chi connectivity index (χ0v) is 8.48. The molecule has 0 amide bonds. The molecule has 2 rings (SSSR count). The van der Waals surface area contributed by atoms with Gasteiger partial charge in [-0.25, -0.2) is 14.3 Å². The molecule has 1 aromatic heterocycles. The highest BCUT2D eigenvalue weighted by Crippen LogP contribution is 2.07. The Hall–Kier alpha value is -1.95. The second kappa shape index (κ2) is 4.28. The smallest absolute Gasteiger partial charge is 0.324 e. The molecule has 0 saturated heterocycles. The summed E-state index contributed by atoms with van der Waals surface area (Å²) in [7, 11) is 0. The van der Waals surface area contributed by atoms with Crippen LogP contribution in [0.1, 0.15) is 11.4 Å². The van der Waals surface area contributed by atoms with Gasteiger partial charge in [0.1, 0.15) is 11.6 Å². The van der Waals surface area contributed by atoms with Crippen LogP contribution in [0.4, 0.5) is 4.39 Å². The van der Waals surface area contributed by atoms with Gasteiger partial charge in [-0.15, -0.1) is 0 Å². The SMILES string of the molecule is NCc1n[nH]c(=O)n1Cc1ccccc1F. The number of rotatable bonds is 3. The van der Waals surface area contributed by atoms with E-state index in [1.54, 1.807) is 18.2 Å². The van der Waals surface area contributed by atoms with Crippen molar-refractivity contribution in [3.05, 3.63) is 52.0 Å². The molecule has 0 aliphatic carbocycles. The predicted octanol–water partition coefficient (Wildman–Crippen LogP) is 0.217. The summed E-state index contributed by atoms with van der Waals surface area (Å²) < 4.78 is 14.7. The average Bonchev–Trinajstić information content (AvgIpc) is 2.63. The van der Waals surface area contributed by atoms with Crippen LogP contribution >= 0.6 is 0 Å². The molecule has 0 spiro atoms. The molecule has 2 aromatic rings. The molecule has 5 nitrogen and oxygen atoms in total. The number of nitrogens with two attached hydrogens (primary N) is 1. The number of benzene rings is 1. The van der Waals surface area contributed by atoms with E-state index in [-0.39, 0.29) is 24.6 Å². The summed E-state index contributed by atoms with van der Waals surface area (Å²) in [6.45, 7) is 0.266. The molecule has 0 saturated carbocycles. The van der Waals surface area contributed by atoms with Crippen molar-refractivity contribution in [2.75, 3.05) is 0 Å². The fourth-order valence-corrected chi connectivity index (χ4v) is 1.47. The van der Waals surface area contributed by atoms with Gasteiger partial charge in [0.25, 0.3) is 0 Å². The third kappa shape index (κ3) is 1.87. The lowest BCUT2D eigenvalue weighted by Crippen LogP contribution is -2.21. The fraction of sp³-hybridized carbons (Fsp3) is 0.200. The first-order valence-corrected chi connectivity index (χ1v) is 4.80. The number of nitrogens with one attached hydrogen (secondary N) is 1. The summed E-state index contributed by atoms with van der Waals surface area (Å²) in [5, 5.41) is 6.02. The van der Waals surface area contributed by atoms with E-state index in [4.69, 9.17) is 5.73 Å². The topological polar surface area (TPSA) is 76.7 Å². The van der Waals surface area contributed by atoms with E-state index < -0.39 is 0 Å². The molecule has 6 heteroatoms. The van der Waals surface area contributed by atoms with Crippen LogP contribution in [0.25, 0.3) is 0 Å². The Balaban J connectivity index is 2.37. The Kier molecular flexibility index (Phi) is 2.82. The molecular formula is C10H11FN4O. The van der Waals surface area contributed by atoms with Crippen molar-refractivity contribution in [2.45, 2.75) is 13.1 Å². The first-order chi connectivity index (χ1) is 7.72. The maximum Gasteiger partial charge on any atom is 0.343 e. The summed E-state index contributed by atoms with van der Waals surface area (Å²) >= 11 is 0. The van der Waals surface area contributed by atoms with Gasteiger partial charge in [0.2, 0.25) is 0 Å². The van der Waals surface area contributed by atoms with E-state index in [2.05, 4.69) is 10.2 Å². The lowest BCUT2D eigenvalue weighted by Gasteiger charge is -2.05. The minimum Gasteiger partial charge on any atom is -0.324 e. The van der Waals surface area contributed by atoms with Crippen LogP contribution in [-0.2, 0) is 13.1 Å². The van der Waals surface area contributed by atoms with Gasteiger partial charge in [0.15, 0.2) is 0 Å². The van der Waals surface area contributed by atoms with E-state index in [1.807, 2.05) is 0 Å². The summed E-state index contributed by atoms with van der Waals surface area (Å²) in [5.41, 5.74) is 5.47. The third-order valence-electron chi connectivity index (χ3n) is 2.31. The second-order valence-corrected chi connectivity index (χ2v) is 3.33.